The van der Waals surface area contributed by atoms with Crippen LogP contribution in [-0.4, -0.2) is 47.6 Å². The molecule has 2 aliphatic heterocycles. The van der Waals surface area contributed by atoms with Crippen LogP contribution in [0.2, 0.25) is 0 Å². The van der Waals surface area contributed by atoms with E-state index in [9.17, 15) is 9.18 Å². The first-order chi connectivity index (χ1) is 15.2. The Morgan fingerprint density at radius 2 is 1.61 bits per heavy atom. The molecule has 0 aliphatic carbocycles. The highest BCUT2D eigenvalue weighted by atomic mass is 19.1. The van der Waals surface area contributed by atoms with Gasteiger partial charge in [-0.1, -0.05) is 42.5 Å². The zero-order valence-corrected chi connectivity index (χ0v) is 17.4. The minimum absolute atomic E-state index is 0.0469. The van der Waals surface area contributed by atoms with Crippen molar-refractivity contribution in [1.29, 1.82) is 0 Å². The zero-order chi connectivity index (χ0) is 21.2. The standard InChI is InChI=1S/C24H26FN5O/c25-20-8-4-5-9-22(20)29-12-14-30(15-13-29)24-26-21-10-11-28(17-19(21)23(31)27-24)16-18-6-2-1-3-7-18/h1-9H,10-17H2,(H,26,27,31). The van der Waals surface area contributed by atoms with Crippen molar-refractivity contribution in [2.24, 2.45) is 0 Å². The SMILES string of the molecule is O=c1[nH]c(N2CCN(c3ccccc3F)CC2)nc2c1CN(Cc1ccccc1)CC2. The molecule has 1 saturated heterocycles. The molecule has 1 fully saturated rings. The van der Waals surface area contributed by atoms with Gasteiger partial charge in [-0.2, -0.15) is 0 Å². The maximum absolute atomic E-state index is 14.1. The van der Waals surface area contributed by atoms with Gasteiger partial charge in [0.15, 0.2) is 0 Å². The highest BCUT2D eigenvalue weighted by Crippen LogP contribution is 2.22. The van der Waals surface area contributed by atoms with E-state index in [1.165, 1.54) is 11.6 Å². The summed E-state index contributed by atoms with van der Waals surface area (Å²) in [5.74, 6) is 0.435. The predicted octanol–water partition coefficient (Wildman–Crippen LogP) is 2.79. The molecule has 3 heterocycles. The van der Waals surface area contributed by atoms with E-state index >= 15 is 0 Å². The number of halogens is 1. The van der Waals surface area contributed by atoms with Crippen molar-refractivity contribution in [2.45, 2.75) is 19.5 Å². The fraction of sp³-hybridized carbons (Fsp3) is 0.333. The van der Waals surface area contributed by atoms with Crippen LogP contribution in [0.4, 0.5) is 16.0 Å². The molecule has 2 aromatic carbocycles. The van der Waals surface area contributed by atoms with Crippen molar-refractivity contribution >= 4 is 11.6 Å². The summed E-state index contributed by atoms with van der Waals surface area (Å²) in [5, 5.41) is 0. The predicted molar refractivity (Wildman–Crippen MR) is 120 cm³/mol. The summed E-state index contributed by atoms with van der Waals surface area (Å²) in [4.78, 5) is 27.1. The summed E-state index contributed by atoms with van der Waals surface area (Å²) in [7, 11) is 0. The zero-order valence-electron chi connectivity index (χ0n) is 17.4. The molecular formula is C24H26FN5O. The number of nitrogens with one attached hydrogen (secondary N) is 1. The number of fused-ring (bicyclic) bond motifs is 1. The van der Waals surface area contributed by atoms with Crippen LogP contribution < -0.4 is 15.4 Å². The number of para-hydroxylation sites is 1. The molecule has 6 nitrogen and oxygen atoms in total. The quantitative estimate of drug-likeness (QED) is 0.705. The van der Waals surface area contributed by atoms with E-state index in [1.54, 1.807) is 6.07 Å². The van der Waals surface area contributed by atoms with Gasteiger partial charge in [0.2, 0.25) is 5.95 Å². The van der Waals surface area contributed by atoms with Gasteiger partial charge in [-0.15, -0.1) is 0 Å². The maximum atomic E-state index is 14.1. The van der Waals surface area contributed by atoms with E-state index in [0.717, 1.165) is 30.8 Å². The molecule has 31 heavy (non-hydrogen) atoms. The van der Waals surface area contributed by atoms with Gasteiger partial charge in [0, 0.05) is 52.2 Å². The van der Waals surface area contributed by atoms with Crippen LogP contribution in [0.15, 0.2) is 59.4 Å². The fourth-order valence-corrected chi connectivity index (χ4v) is 4.46. The average Bonchev–Trinajstić information content (AvgIpc) is 2.80. The molecule has 5 rings (SSSR count). The number of hydrogen-bond donors (Lipinski definition) is 1. The highest BCUT2D eigenvalue weighted by molar-refractivity contribution is 5.49. The van der Waals surface area contributed by atoms with E-state index < -0.39 is 0 Å². The number of anilines is 2. The van der Waals surface area contributed by atoms with Gasteiger partial charge in [-0.25, -0.2) is 9.37 Å². The topological polar surface area (TPSA) is 55.5 Å². The fourth-order valence-electron chi connectivity index (χ4n) is 4.46. The number of rotatable bonds is 4. The second-order valence-corrected chi connectivity index (χ2v) is 8.19. The summed E-state index contributed by atoms with van der Waals surface area (Å²) in [6.07, 6.45) is 0.772. The Bertz CT molecular complexity index is 1110. The lowest BCUT2D eigenvalue weighted by atomic mass is 10.1. The van der Waals surface area contributed by atoms with Crippen LogP contribution >= 0.6 is 0 Å². The summed E-state index contributed by atoms with van der Waals surface area (Å²) >= 11 is 0. The highest BCUT2D eigenvalue weighted by Gasteiger charge is 2.25. The lowest BCUT2D eigenvalue weighted by Gasteiger charge is -2.37. The summed E-state index contributed by atoms with van der Waals surface area (Å²) in [6.45, 7) is 5.10. The van der Waals surface area contributed by atoms with Crippen LogP contribution in [-0.2, 0) is 19.5 Å². The Morgan fingerprint density at radius 3 is 2.39 bits per heavy atom. The minimum Gasteiger partial charge on any atom is -0.366 e. The van der Waals surface area contributed by atoms with Gasteiger partial charge in [0.05, 0.1) is 16.9 Å². The molecule has 3 aromatic rings. The monoisotopic (exact) mass is 419 g/mol. The second kappa shape index (κ2) is 8.51. The summed E-state index contributed by atoms with van der Waals surface area (Å²) < 4.78 is 14.1. The largest absolute Gasteiger partial charge is 0.366 e. The van der Waals surface area contributed by atoms with Crippen molar-refractivity contribution < 1.29 is 4.39 Å². The van der Waals surface area contributed by atoms with Crippen molar-refractivity contribution in [1.82, 2.24) is 14.9 Å². The molecule has 160 valence electrons. The molecule has 1 aromatic heterocycles. The molecule has 7 heteroatoms. The molecule has 0 saturated carbocycles. The molecule has 0 unspecified atom stereocenters. The Morgan fingerprint density at radius 1 is 0.903 bits per heavy atom. The number of hydrogen-bond acceptors (Lipinski definition) is 5. The number of aromatic nitrogens is 2. The Hall–Kier alpha value is -3.19. The summed E-state index contributed by atoms with van der Waals surface area (Å²) in [5.41, 5.74) is 3.51. The number of nitrogens with zero attached hydrogens (tertiary/aromatic N) is 4. The minimum atomic E-state index is -0.198. The van der Waals surface area contributed by atoms with Gasteiger partial charge in [0.25, 0.3) is 5.56 Å². The van der Waals surface area contributed by atoms with E-state index in [2.05, 4.69) is 26.9 Å². The normalized spacial score (nSPS) is 16.9. The number of aromatic amines is 1. The van der Waals surface area contributed by atoms with Crippen LogP contribution in [0.1, 0.15) is 16.8 Å². The molecule has 0 bridgehead atoms. The third-order valence-electron chi connectivity index (χ3n) is 6.16. The van der Waals surface area contributed by atoms with Gasteiger partial charge in [0.1, 0.15) is 5.82 Å². The first-order valence-electron chi connectivity index (χ1n) is 10.8. The van der Waals surface area contributed by atoms with Crippen LogP contribution in [0.5, 0.6) is 0 Å². The average molecular weight is 420 g/mol. The third kappa shape index (κ3) is 4.18. The molecule has 0 radical (unpaired) electrons. The van der Waals surface area contributed by atoms with E-state index in [4.69, 9.17) is 4.98 Å². The van der Waals surface area contributed by atoms with Gasteiger partial charge in [-0.3, -0.25) is 14.7 Å². The second-order valence-electron chi connectivity index (χ2n) is 8.19. The molecule has 0 spiro atoms. The smallest absolute Gasteiger partial charge is 0.257 e. The first-order valence-corrected chi connectivity index (χ1v) is 10.8. The van der Waals surface area contributed by atoms with Crippen LogP contribution in [0.3, 0.4) is 0 Å². The van der Waals surface area contributed by atoms with Crippen LogP contribution in [0.25, 0.3) is 0 Å². The van der Waals surface area contributed by atoms with E-state index in [0.29, 0.717) is 44.4 Å². The van der Waals surface area contributed by atoms with Gasteiger partial charge < -0.3 is 9.80 Å². The molecular weight excluding hydrogens is 393 g/mol. The van der Waals surface area contributed by atoms with Crippen molar-refractivity contribution in [3.63, 3.8) is 0 Å². The number of H-pyrrole nitrogens is 1. The molecule has 0 amide bonds. The molecule has 1 N–H and O–H groups in total. The van der Waals surface area contributed by atoms with Gasteiger partial charge >= 0.3 is 0 Å². The third-order valence-corrected chi connectivity index (χ3v) is 6.16. The maximum Gasteiger partial charge on any atom is 0.257 e. The molecule has 2 aliphatic rings. The Kier molecular flexibility index (Phi) is 5.42. The number of piperazine rings is 1. The van der Waals surface area contributed by atoms with Gasteiger partial charge in [-0.05, 0) is 17.7 Å². The van der Waals surface area contributed by atoms with Crippen molar-refractivity contribution in [2.75, 3.05) is 42.5 Å². The lowest BCUT2D eigenvalue weighted by molar-refractivity contribution is 0.242. The Balaban J connectivity index is 1.27. The van der Waals surface area contributed by atoms with Crippen molar-refractivity contribution in [3.05, 3.63) is 87.6 Å². The van der Waals surface area contributed by atoms with E-state index in [-0.39, 0.29) is 11.4 Å². The number of benzene rings is 2. The summed E-state index contributed by atoms with van der Waals surface area (Å²) in [6, 6.07) is 17.2. The van der Waals surface area contributed by atoms with Crippen molar-refractivity contribution in [3.8, 4) is 0 Å². The van der Waals surface area contributed by atoms with E-state index in [1.807, 2.05) is 35.2 Å². The Labute approximate surface area is 180 Å². The van der Waals surface area contributed by atoms with Crippen LogP contribution in [0, 0.1) is 5.82 Å². The first kappa shape index (κ1) is 19.8. The lowest BCUT2D eigenvalue weighted by Crippen LogP contribution is -2.48. The molecule has 0 atom stereocenters.